The minimum Gasteiger partial charge on any atom is -0.452 e. The number of ether oxygens (including phenoxy) is 1. The molecule has 2 aromatic carbocycles. The summed E-state index contributed by atoms with van der Waals surface area (Å²) in [4.78, 5) is 33.9. The standard InChI is InChI=1S/C16H13BrN2O5/c1-10-2-5-12(6-3-10)18-15(20)9-24-16(21)11-4-7-13(17)14(8-11)19(22)23/h2-8H,9H2,1H3,(H,18,20). The molecule has 0 fully saturated rings. The summed E-state index contributed by atoms with van der Waals surface area (Å²) in [5.41, 5.74) is 1.37. The van der Waals surface area contributed by atoms with E-state index in [0.29, 0.717) is 5.69 Å². The molecular formula is C16H13BrN2O5. The molecule has 2 rings (SSSR count). The van der Waals surface area contributed by atoms with Gasteiger partial charge in [-0.05, 0) is 47.1 Å². The second-order valence-electron chi connectivity index (χ2n) is 4.91. The van der Waals surface area contributed by atoms with Crippen molar-refractivity contribution in [3.63, 3.8) is 0 Å². The summed E-state index contributed by atoms with van der Waals surface area (Å²) in [6.07, 6.45) is 0. The maximum atomic E-state index is 11.9. The summed E-state index contributed by atoms with van der Waals surface area (Å²) in [5, 5.41) is 13.4. The van der Waals surface area contributed by atoms with E-state index in [1.165, 1.54) is 12.1 Å². The van der Waals surface area contributed by atoms with Gasteiger partial charge in [0.25, 0.3) is 11.6 Å². The number of hydrogen-bond acceptors (Lipinski definition) is 5. The average molecular weight is 393 g/mol. The first kappa shape index (κ1) is 17.6. The predicted octanol–water partition coefficient (Wildman–Crippen LogP) is 3.46. The molecule has 0 aliphatic heterocycles. The number of anilines is 1. The molecule has 8 heteroatoms. The number of amides is 1. The van der Waals surface area contributed by atoms with Crippen molar-refractivity contribution >= 4 is 39.2 Å². The van der Waals surface area contributed by atoms with Gasteiger partial charge in [-0.1, -0.05) is 17.7 Å². The minimum absolute atomic E-state index is 0.00645. The second-order valence-corrected chi connectivity index (χ2v) is 5.77. The summed E-state index contributed by atoms with van der Waals surface area (Å²) in [6, 6.07) is 11.0. The first-order valence-corrected chi connectivity index (χ1v) is 7.63. The zero-order valence-electron chi connectivity index (χ0n) is 12.6. The molecule has 0 aliphatic carbocycles. The Kier molecular flexibility index (Phi) is 5.64. The topological polar surface area (TPSA) is 98.5 Å². The third kappa shape index (κ3) is 4.63. The van der Waals surface area contributed by atoms with Gasteiger partial charge in [-0.25, -0.2) is 4.79 Å². The zero-order valence-corrected chi connectivity index (χ0v) is 14.2. The van der Waals surface area contributed by atoms with Gasteiger partial charge in [-0.2, -0.15) is 0 Å². The number of rotatable bonds is 5. The van der Waals surface area contributed by atoms with Gasteiger partial charge in [0.2, 0.25) is 0 Å². The summed E-state index contributed by atoms with van der Waals surface area (Å²) in [5.74, 6) is -1.32. The van der Waals surface area contributed by atoms with Crippen LogP contribution in [0.4, 0.5) is 11.4 Å². The van der Waals surface area contributed by atoms with Gasteiger partial charge in [0.1, 0.15) is 0 Å². The summed E-state index contributed by atoms with van der Waals surface area (Å²) in [7, 11) is 0. The van der Waals surface area contributed by atoms with Crippen molar-refractivity contribution in [2.24, 2.45) is 0 Å². The molecule has 0 spiro atoms. The fraction of sp³-hybridized carbons (Fsp3) is 0.125. The van der Waals surface area contributed by atoms with Gasteiger partial charge < -0.3 is 10.1 Å². The number of benzene rings is 2. The highest BCUT2D eigenvalue weighted by Crippen LogP contribution is 2.25. The van der Waals surface area contributed by atoms with E-state index in [1.54, 1.807) is 12.1 Å². The van der Waals surface area contributed by atoms with Crippen LogP contribution in [0, 0.1) is 17.0 Å². The SMILES string of the molecule is Cc1ccc(NC(=O)COC(=O)c2ccc(Br)c([N+](=O)[O-])c2)cc1. The Morgan fingerprint density at radius 1 is 1.21 bits per heavy atom. The number of nitrogens with one attached hydrogen (secondary N) is 1. The van der Waals surface area contributed by atoms with Crippen LogP contribution in [-0.4, -0.2) is 23.4 Å². The van der Waals surface area contributed by atoms with Crippen LogP contribution in [0.15, 0.2) is 46.9 Å². The average Bonchev–Trinajstić information content (AvgIpc) is 2.55. The van der Waals surface area contributed by atoms with Crippen molar-refractivity contribution in [2.45, 2.75) is 6.92 Å². The van der Waals surface area contributed by atoms with Gasteiger partial charge in [0, 0.05) is 11.8 Å². The number of esters is 1. The van der Waals surface area contributed by atoms with E-state index < -0.39 is 23.4 Å². The number of nitrogens with zero attached hydrogens (tertiary/aromatic N) is 1. The Bertz CT molecular complexity index is 790. The van der Waals surface area contributed by atoms with E-state index in [0.717, 1.165) is 11.6 Å². The summed E-state index contributed by atoms with van der Waals surface area (Å²) >= 11 is 3.03. The quantitative estimate of drug-likeness (QED) is 0.477. The molecule has 0 bridgehead atoms. The summed E-state index contributed by atoms with van der Waals surface area (Å²) < 4.78 is 5.12. The molecule has 0 aliphatic rings. The molecule has 1 N–H and O–H groups in total. The van der Waals surface area contributed by atoms with Crippen LogP contribution < -0.4 is 5.32 Å². The molecular weight excluding hydrogens is 380 g/mol. The van der Waals surface area contributed by atoms with Gasteiger partial charge in [-0.15, -0.1) is 0 Å². The molecule has 0 heterocycles. The molecule has 7 nitrogen and oxygen atoms in total. The Morgan fingerprint density at radius 3 is 2.50 bits per heavy atom. The molecule has 0 saturated carbocycles. The lowest BCUT2D eigenvalue weighted by molar-refractivity contribution is -0.385. The van der Waals surface area contributed by atoms with Crippen molar-refractivity contribution in [3.8, 4) is 0 Å². The Hall–Kier alpha value is -2.74. The van der Waals surface area contributed by atoms with Crippen molar-refractivity contribution in [1.29, 1.82) is 0 Å². The van der Waals surface area contributed by atoms with Crippen LogP contribution in [0.5, 0.6) is 0 Å². The molecule has 0 saturated heterocycles. The lowest BCUT2D eigenvalue weighted by Gasteiger charge is -2.07. The molecule has 0 atom stereocenters. The molecule has 24 heavy (non-hydrogen) atoms. The number of nitro groups is 1. The number of halogens is 1. The van der Waals surface area contributed by atoms with Crippen molar-refractivity contribution in [3.05, 3.63) is 68.2 Å². The van der Waals surface area contributed by atoms with E-state index in [9.17, 15) is 19.7 Å². The highest BCUT2D eigenvalue weighted by molar-refractivity contribution is 9.10. The van der Waals surface area contributed by atoms with E-state index in [-0.39, 0.29) is 15.7 Å². The minimum atomic E-state index is -0.815. The highest BCUT2D eigenvalue weighted by atomic mass is 79.9. The smallest absolute Gasteiger partial charge is 0.338 e. The third-order valence-electron chi connectivity index (χ3n) is 3.05. The third-order valence-corrected chi connectivity index (χ3v) is 3.72. The summed E-state index contributed by atoms with van der Waals surface area (Å²) in [6.45, 7) is 1.43. The van der Waals surface area contributed by atoms with Crippen LogP contribution in [0.3, 0.4) is 0 Å². The number of carbonyl (C=O) groups excluding carboxylic acids is 2. The zero-order chi connectivity index (χ0) is 17.7. The Balaban J connectivity index is 1.95. The van der Waals surface area contributed by atoms with E-state index in [2.05, 4.69) is 21.2 Å². The van der Waals surface area contributed by atoms with Crippen LogP contribution in [0.1, 0.15) is 15.9 Å². The van der Waals surface area contributed by atoms with E-state index in [1.807, 2.05) is 19.1 Å². The number of nitro benzene ring substituents is 1. The molecule has 0 unspecified atom stereocenters. The Morgan fingerprint density at radius 2 is 1.88 bits per heavy atom. The fourth-order valence-electron chi connectivity index (χ4n) is 1.83. The number of aryl methyl sites for hydroxylation is 1. The first-order chi connectivity index (χ1) is 11.4. The van der Waals surface area contributed by atoms with Gasteiger partial charge >= 0.3 is 5.97 Å². The molecule has 0 radical (unpaired) electrons. The van der Waals surface area contributed by atoms with Gasteiger partial charge in [-0.3, -0.25) is 14.9 Å². The predicted molar refractivity (Wildman–Crippen MR) is 90.9 cm³/mol. The van der Waals surface area contributed by atoms with Crippen molar-refractivity contribution in [2.75, 3.05) is 11.9 Å². The normalized spacial score (nSPS) is 10.1. The monoisotopic (exact) mass is 392 g/mol. The largest absolute Gasteiger partial charge is 0.452 e. The van der Waals surface area contributed by atoms with Gasteiger partial charge in [0.05, 0.1) is 15.0 Å². The van der Waals surface area contributed by atoms with Gasteiger partial charge in [0.15, 0.2) is 6.61 Å². The number of hydrogen-bond donors (Lipinski definition) is 1. The fourth-order valence-corrected chi connectivity index (χ4v) is 2.22. The maximum Gasteiger partial charge on any atom is 0.338 e. The van der Waals surface area contributed by atoms with Crippen LogP contribution >= 0.6 is 15.9 Å². The first-order valence-electron chi connectivity index (χ1n) is 6.84. The van der Waals surface area contributed by atoms with Crippen LogP contribution in [0.2, 0.25) is 0 Å². The molecule has 1 amide bonds. The van der Waals surface area contributed by atoms with Crippen LogP contribution in [0.25, 0.3) is 0 Å². The van der Waals surface area contributed by atoms with E-state index >= 15 is 0 Å². The Labute approximate surface area is 145 Å². The van der Waals surface area contributed by atoms with Crippen LogP contribution in [-0.2, 0) is 9.53 Å². The molecule has 124 valence electrons. The maximum absolute atomic E-state index is 11.9. The highest BCUT2D eigenvalue weighted by Gasteiger charge is 2.17. The van der Waals surface area contributed by atoms with E-state index in [4.69, 9.17) is 4.74 Å². The molecule has 0 aromatic heterocycles. The lowest BCUT2D eigenvalue weighted by atomic mass is 10.2. The second kappa shape index (κ2) is 7.69. The number of carbonyl (C=O) groups is 2. The van der Waals surface area contributed by atoms with Crippen molar-refractivity contribution < 1.29 is 19.2 Å². The molecule has 2 aromatic rings. The lowest BCUT2D eigenvalue weighted by Crippen LogP contribution is -2.21. The van der Waals surface area contributed by atoms with Crippen molar-refractivity contribution in [1.82, 2.24) is 0 Å².